The lowest BCUT2D eigenvalue weighted by molar-refractivity contribution is 1.18. The molecule has 8 rings (SSSR count). The Hall–Kier alpha value is -6.97. The molecule has 0 unspecified atom stereocenters. The van der Waals surface area contributed by atoms with Crippen molar-refractivity contribution in [1.29, 1.82) is 10.5 Å². The summed E-state index contributed by atoms with van der Waals surface area (Å²) in [5, 5.41) is 27.4. The number of para-hydroxylation sites is 1. The van der Waals surface area contributed by atoms with Crippen LogP contribution in [0.5, 0.6) is 0 Å². The van der Waals surface area contributed by atoms with E-state index in [2.05, 4.69) is 149 Å². The van der Waals surface area contributed by atoms with Crippen molar-refractivity contribution in [3.63, 3.8) is 0 Å². The Kier molecular flexibility index (Phi) is 7.63. The molecule has 0 aliphatic carbocycles. The Bertz CT molecular complexity index is 2580. The molecule has 7 aromatic carbocycles. The molecule has 1 aromatic heterocycles. The smallest absolute Gasteiger partial charge is 0.188 e. The fourth-order valence-electron chi connectivity index (χ4n) is 7.46. The molecule has 0 spiro atoms. The van der Waals surface area contributed by atoms with Gasteiger partial charge in [0.2, 0.25) is 0 Å². The highest BCUT2D eigenvalue weighted by Gasteiger charge is 2.41. The van der Waals surface area contributed by atoms with Crippen LogP contribution in [0.25, 0.3) is 43.5 Å². The van der Waals surface area contributed by atoms with Gasteiger partial charge in [0.25, 0.3) is 0 Å². The molecule has 0 aliphatic rings. The third-order valence-corrected chi connectivity index (χ3v) is 14.4. The molecule has 0 atom stereocenters. The minimum atomic E-state index is -2.84. The quantitative estimate of drug-likeness (QED) is 0.104. The topological polar surface area (TPSA) is 56.9 Å². The number of aromatic nitrogens is 1. The van der Waals surface area contributed by atoms with Gasteiger partial charge in [0.1, 0.15) is 12.1 Å². The number of rotatable bonds is 6. The normalized spacial score (nSPS) is 11.1. The van der Waals surface area contributed by atoms with Gasteiger partial charge in [0, 0.05) is 10.9 Å². The molecule has 5 heteroatoms. The molecular formula is C45H28N4Si. The van der Waals surface area contributed by atoms with Crippen LogP contribution < -0.4 is 20.7 Å². The van der Waals surface area contributed by atoms with Crippen LogP contribution in [-0.2, 0) is 0 Å². The van der Waals surface area contributed by atoms with Crippen molar-refractivity contribution >= 4 is 56.3 Å². The summed E-state index contributed by atoms with van der Waals surface area (Å²) in [5.41, 5.74) is 5.67. The highest BCUT2D eigenvalue weighted by molar-refractivity contribution is 7.19. The van der Waals surface area contributed by atoms with Gasteiger partial charge in [-0.25, -0.2) is 4.85 Å². The molecule has 0 bridgehead atoms. The van der Waals surface area contributed by atoms with Crippen LogP contribution in [0.15, 0.2) is 170 Å². The van der Waals surface area contributed by atoms with Crippen LogP contribution in [-0.4, -0.2) is 12.6 Å². The van der Waals surface area contributed by atoms with Gasteiger partial charge in [-0.05, 0) is 62.0 Å². The van der Waals surface area contributed by atoms with Gasteiger partial charge < -0.3 is 4.57 Å². The van der Waals surface area contributed by atoms with Crippen molar-refractivity contribution in [2.24, 2.45) is 0 Å². The van der Waals surface area contributed by atoms with Crippen LogP contribution in [0.2, 0.25) is 0 Å². The minimum absolute atomic E-state index is 0.313. The summed E-state index contributed by atoms with van der Waals surface area (Å²) in [5.74, 6) is 0. The van der Waals surface area contributed by atoms with Gasteiger partial charge in [0.15, 0.2) is 13.8 Å². The highest BCUT2D eigenvalue weighted by Crippen LogP contribution is 2.38. The van der Waals surface area contributed by atoms with Crippen LogP contribution in [0.3, 0.4) is 0 Å². The van der Waals surface area contributed by atoms with E-state index < -0.39 is 8.07 Å². The van der Waals surface area contributed by atoms with Gasteiger partial charge in [-0.2, -0.15) is 10.5 Å². The maximum Gasteiger partial charge on any atom is 0.188 e. The molecule has 50 heavy (non-hydrogen) atoms. The fraction of sp³-hybridized carbons (Fsp3) is 0. The van der Waals surface area contributed by atoms with E-state index in [-0.39, 0.29) is 0 Å². The zero-order valence-corrected chi connectivity index (χ0v) is 28.0. The van der Waals surface area contributed by atoms with E-state index in [9.17, 15) is 10.5 Å². The molecule has 1 heterocycles. The Morgan fingerprint density at radius 3 is 1.64 bits per heavy atom. The van der Waals surface area contributed by atoms with E-state index >= 15 is 0 Å². The van der Waals surface area contributed by atoms with Crippen molar-refractivity contribution in [2.75, 3.05) is 0 Å². The molecule has 4 nitrogen and oxygen atoms in total. The summed E-state index contributed by atoms with van der Waals surface area (Å²) < 4.78 is 2.17. The number of nitriles is 2. The molecule has 0 amide bonds. The van der Waals surface area contributed by atoms with Crippen molar-refractivity contribution in [3.05, 3.63) is 192 Å². The lowest BCUT2D eigenvalue weighted by Crippen LogP contribution is -2.74. The average Bonchev–Trinajstić information content (AvgIpc) is 3.52. The monoisotopic (exact) mass is 652 g/mol. The lowest BCUT2D eigenvalue weighted by atomic mass is 9.97. The first-order chi connectivity index (χ1) is 24.7. The predicted octanol–water partition coefficient (Wildman–Crippen LogP) is 8.12. The van der Waals surface area contributed by atoms with Gasteiger partial charge in [-0.1, -0.05) is 140 Å². The van der Waals surface area contributed by atoms with Crippen LogP contribution >= 0.6 is 0 Å². The van der Waals surface area contributed by atoms with Gasteiger partial charge in [-0.15, -0.1) is 0 Å². The third kappa shape index (κ3) is 4.80. The maximum atomic E-state index is 10.2. The van der Waals surface area contributed by atoms with Crippen molar-refractivity contribution in [2.45, 2.75) is 0 Å². The first-order valence-electron chi connectivity index (χ1n) is 16.3. The fourth-order valence-corrected chi connectivity index (χ4v) is 12.3. The molecule has 232 valence electrons. The Morgan fingerprint density at radius 2 is 1.04 bits per heavy atom. The summed E-state index contributed by atoms with van der Waals surface area (Å²) in [6.07, 6.45) is 0. The van der Waals surface area contributed by atoms with E-state index in [4.69, 9.17) is 6.57 Å². The highest BCUT2D eigenvalue weighted by atomic mass is 28.3. The number of hydrogen-bond acceptors (Lipinski definition) is 2. The molecule has 0 radical (unpaired) electrons. The summed E-state index contributed by atoms with van der Waals surface area (Å²) in [6, 6.07) is 63.2. The molecule has 0 fully saturated rings. The SMILES string of the molecule is [C-]#[N+]c1ccc2c(c1)c1ccccc1n2-c1cc(C#N)c(C#N)cc1-c1cccc([Si](c2ccccc2)(c2ccccc2)c2ccccc2)c1. The van der Waals surface area contributed by atoms with Crippen molar-refractivity contribution < 1.29 is 0 Å². The number of hydrogen-bond donors (Lipinski definition) is 0. The predicted molar refractivity (Wildman–Crippen MR) is 206 cm³/mol. The zero-order chi connectivity index (χ0) is 34.1. The Balaban J connectivity index is 1.47. The second-order valence-electron chi connectivity index (χ2n) is 12.2. The van der Waals surface area contributed by atoms with Gasteiger partial charge in [-0.3, -0.25) is 0 Å². The van der Waals surface area contributed by atoms with Gasteiger partial charge >= 0.3 is 0 Å². The van der Waals surface area contributed by atoms with E-state index in [1.807, 2.05) is 42.5 Å². The third-order valence-electron chi connectivity index (χ3n) is 9.63. The molecule has 8 aromatic rings. The second-order valence-corrected chi connectivity index (χ2v) is 16.0. The van der Waals surface area contributed by atoms with E-state index in [0.717, 1.165) is 38.6 Å². The Morgan fingerprint density at radius 1 is 0.500 bits per heavy atom. The van der Waals surface area contributed by atoms with Crippen LogP contribution in [0.4, 0.5) is 5.69 Å². The number of nitrogens with zero attached hydrogens (tertiary/aromatic N) is 4. The number of benzene rings is 7. The van der Waals surface area contributed by atoms with Crippen molar-refractivity contribution in [1.82, 2.24) is 4.57 Å². The first kappa shape index (κ1) is 30.4. The maximum absolute atomic E-state index is 10.2. The van der Waals surface area contributed by atoms with Crippen LogP contribution in [0.1, 0.15) is 11.1 Å². The number of fused-ring (bicyclic) bond motifs is 3. The Labute approximate surface area is 291 Å². The summed E-state index contributed by atoms with van der Waals surface area (Å²) in [7, 11) is -2.84. The summed E-state index contributed by atoms with van der Waals surface area (Å²) in [4.78, 5) is 3.70. The molecule has 0 N–H and O–H groups in total. The summed E-state index contributed by atoms with van der Waals surface area (Å²) in [6.45, 7) is 7.65. The molecule has 0 aliphatic heterocycles. The average molecular weight is 653 g/mol. The largest absolute Gasteiger partial charge is 0.309 e. The standard InChI is InChI=1S/C45H28N4Si/c1-48-35-24-25-44-42(29-35)40-22-11-12-23-43(40)49(44)45-28-34(31-47)33(30-46)27-41(45)32-14-13-21-39(26-32)50(36-15-5-2-6-16-36,37-17-7-3-8-18-37)38-19-9-4-10-20-38/h2-29H. The van der Waals surface area contributed by atoms with Gasteiger partial charge in [0.05, 0.1) is 34.4 Å². The van der Waals surface area contributed by atoms with E-state index in [0.29, 0.717) is 16.8 Å². The molecule has 0 saturated carbocycles. The lowest BCUT2D eigenvalue weighted by Gasteiger charge is -2.34. The van der Waals surface area contributed by atoms with Crippen LogP contribution in [0, 0.1) is 29.2 Å². The second kappa shape index (κ2) is 12.6. The summed E-state index contributed by atoms with van der Waals surface area (Å²) >= 11 is 0. The minimum Gasteiger partial charge on any atom is -0.309 e. The van der Waals surface area contributed by atoms with E-state index in [1.54, 1.807) is 0 Å². The van der Waals surface area contributed by atoms with Crippen molar-refractivity contribution in [3.8, 4) is 29.0 Å². The molecular weight excluding hydrogens is 625 g/mol. The van der Waals surface area contributed by atoms with E-state index in [1.165, 1.54) is 20.7 Å². The zero-order valence-electron chi connectivity index (χ0n) is 27.0. The molecule has 0 saturated heterocycles. The first-order valence-corrected chi connectivity index (χ1v) is 18.3.